The zero-order chi connectivity index (χ0) is 24.0. The van der Waals surface area contributed by atoms with Crippen molar-refractivity contribution >= 4 is 28.3 Å². The molecule has 3 unspecified atom stereocenters. The Kier molecular flexibility index (Phi) is 5.43. The predicted molar refractivity (Wildman–Crippen MR) is 141 cm³/mol. The molecule has 0 spiro atoms. The number of hydrogen-bond acceptors (Lipinski definition) is 4. The molecule has 5 nitrogen and oxygen atoms in total. The second-order valence-electron chi connectivity index (χ2n) is 10.7. The van der Waals surface area contributed by atoms with Crippen LogP contribution in [0.2, 0.25) is 0 Å². The third-order valence-corrected chi connectivity index (χ3v) is 7.95. The topological polar surface area (TPSA) is 49.3 Å². The first-order valence-corrected chi connectivity index (χ1v) is 12.7. The molecule has 3 heterocycles. The zero-order valence-electron chi connectivity index (χ0n) is 20.5. The maximum Gasteiger partial charge on any atom is 0.233 e. The minimum absolute atomic E-state index is 0.264. The monoisotopic (exact) mass is 464 g/mol. The van der Waals surface area contributed by atoms with E-state index in [0.29, 0.717) is 11.8 Å². The van der Waals surface area contributed by atoms with E-state index in [9.17, 15) is 4.79 Å². The Balaban J connectivity index is 1.21. The molecule has 35 heavy (non-hydrogen) atoms. The van der Waals surface area contributed by atoms with Crippen LogP contribution in [0.5, 0.6) is 0 Å². The molecule has 1 aliphatic carbocycles. The van der Waals surface area contributed by atoms with Gasteiger partial charge in [0.2, 0.25) is 11.9 Å². The first-order valence-electron chi connectivity index (χ1n) is 12.7. The standard InChI is InChI=1S/C30H32N4O/c1-21-8-7-10-24(14-21)26-11-5-6-13-30(26,2)28(35)33-17-22-15-23(18-33)20-34(19-22)29-31-16-25-9-3-4-12-27(25)32-29/h3-12,14,16,22-23H,13,15,17-20H2,1-2H3. The van der Waals surface area contributed by atoms with Gasteiger partial charge < -0.3 is 9.80 Å². The lowest BCUT2D eigenvalue weighted by atomic mass is 9.71. The summed E-state index contributed by atoms with van der Waals surface area (Å²) in [7, 11) is 0. The van der Waals surface area contributed by atoms with Crippen LogP contribution in [0.4, 0.5) is 5.95 Å². The van der Waals surface area contributed by atoms with Crippen molar-refractivity contribution in [3.05, 3.63) is 84.1 Å². The number of carbonyl (C=O) groups excluding carboxylic acids is 1. The molecule has 0 N–H and O–H groups in total. The number of hydrogen-bond donors (Lipinski definition) is 0. The molecule has 2 fully saturated rings. The minimum atomic E-state index is -0.532. The Labute approximate surface area is 207 Å². The van der Waals surface area contributed by atoms with Crippen LogP contribution >= 0.6 is 0 Å². The quantitative estimate of drug-likeness (QED) is 0.530. The maximum absolute atomic E-state index is 14.1. The Hall–Kier alpha value is -3.47. The van der Waals surface area contributed by atoms with Crippen LogP contribution in [0.3, 0.4) is 0 Å². The summed E-state index contributed by atoms with van der Waals surface area (Å²) in [5.41, 5.74) is 3.96. The van der Waals surface area contributed by atoms with Crippen LogP contribution in [0.25, 0.3) is 16.5 Å². The molecule has 3 aliphatic rings. The molecular formula is C30H32N4O. The number of benzene rings is 2. The van der Waals surface area contributed by atoms with Gasteiger partial charge in [0.15, 0.2) is 0 Å². The van der Waals surface area contributed by atoms with Gasteiger partial charge in [0.05, 0.1) is 10.9 Å². The highest BCUT2D eigenvalue weighted by molar-refractivity contribution is 5.97. The minimum Gasteiger partial charge on any atom is -0.341 e. The Morgan fingerprint density at radius 1 is 1.03 bits per heavy atom. The van der Waals surface area contributed by atoms with Crippen LogP contribution in [0.15, 0.2) is 73.0 Å². The molecule has 3 aromatic rings. The van der Waals surface area contributed by atoms with Crippen LogP contribution in [-0.2, 0) is 4.79 Å². The fourth-order valence-corrected chi connectivity index (χ4v) is 6.27. The van der Waals surface area contributed by atoms with E-state index in [0.717, 1.165) is 60.6 Å². The van der Waals surface area contributed by atoms with Gasteiger partial charge in [0, 0.05) is 37.8 Å². The summed E-state index contributed by atoms with van der Waals surface area (Å²) >= 11 is 0. The highest BCUT2D eigenvalue weighted by Crippen LogP contribution is 2.44. The van der Waals surface area contributed by atoms with E-state index in [2.05, 4.69) is 71.1 Å². The number of allylic oxidation sites excluding steroid dienone is 3. The highest BCUT2D eigenvalue weighted by Gasteiger charge is 2.44. The smallest absolute Gasteiger partial charge is 0.233 e. The van der Waals surface area contributed by atoms with Crippen LogP contribution < -0.4 is 4.90 Å². The molecule has 0 radical (unpaired) electrons. The van der Waals surface area contributed by atoms with Gasteiger partial charge in [-0.1, -0.05) is 66.3 Å². The van der Waals surface area contributed by atoms with Gasteiger partial charge in [-0.2, -0.15) is 0 Å². The zero-order valence-corrected chi connectivity index (χ0v) is 20.5. The van der Waals surface area contributed by atoms with Gasteiger partial charge in [-0.3, -0.25) is 4.79 Å². The fraction of sp³-hybridized carbons (Fsp3) is 0.367. The van der Waals surface area contributed by atoms with E-state index in [1.54, 1.807) is 0 Å². The van der Waals surface area contributed by atoms with E-state index in [4.69, 9.17) is 4.98 Å². The normalized spacial score (nSPS) is 26.1. The number of aryl methyl sites for hydroxylation is 1. The van der Waals surface area contributed by atoms with Crippen molar-refractivity contribution in [2.75, 3.05) is 31.1 Å². The fourth-order valence-electron chi connectivity index (χ4n) is 6.27. The lowest BCUT2D eigenvalue weighted by Crippen LogP contribution is -2.57. The number of piperidine rings is 2. The summed E-state index contributed by atoms with van der Waals surface area (Å²) < 4.78 is 0. The summed E-state index contributed by atoms with van der Waals surface area (Å²) in [6, 6.07) is 16.7. The largest absolute Gasteiger partial charge is 0.341 e. The molecule has 6 rings (SSSR count). The Morgan fingerprint density at radius 2 is 1.83 bits per heavy atom. The Bertz CT molecular complexity index is 1330. The average molecular weight is 465 g/mol. The predicted octanol–water partition coefficient (Wildman–Crippen LogP) is 5.27. The molecule has 2 aromatic carbocycles. The maximum atomic E-state index is 14.1. The van der Waals surface area contributed by atoms with Crippen LogP contribution in [-0.4, -0.2) is 47.0 Å². The van der Waals surface area contributed by atoms with Crippen molar-refractivity contribution in [1.29, 1.82) is 0 Å². The van der Waals surface area contributed by atoms with Crippen LogP contribution in [0.1, 0.15) is 30.9 Å². The number of amides is 1. The van der Waals surface area contributed by atoms with Gasteiger partial charge in [-0.25, -0.2) is 9.97 Å². The number of para-hydroxylation sites is 1. The number of fused-ring (bicyclic) bond motifs is 3. The molecule has 1 aromatic heterocycles. The average Bonchev–Trinajstić information content (AvgIpc) is 2.87. The molecule has 2 aliphatic heterocycles. The molecule has 2 saturated heterocycles. The lowest BCUT2D eigenvalue weighted by molar-refractivity contribution is -0.141. The number of likely N-dealkylation sites (tertiary alicyclic amines) is 1. The lowest BCUT2D eigenvalue weighted by Gasteiger charge is -2.48. The molecule has 5 heteroatoms. The molecular weight excluding hydrogens is 432 g/mol. The second-order valence-corrected chi connectivity index (χ2v) is 10.7. The van der Waals surface area contributed by atoms with Gasteiger partial charge in [-0.05, 0) is 55.7 Å². The number of rotatable bonds is 3. The molecule has 2 bridgehead atoms. The van der Waals surface area contributed by atoms with Gasteiger partial charge in [0.25, 0.3) is 0 Å². The van der Waals surface area contributed by atoms with Gasteiger partial charge in [0.1, 0.15) is 0 Å². The van der Waals surface area contributed by atoms with E-state index in [1.807, 2.05) is 30.5 Å². The summed E-state index contributed by atoms with van der Waals surface area (Å²) in [5.74, 6) is 1.96. The van der Waals surface area contributed by atoms with Crippen molar-refractivity contribution in [1.82, 2.24) is 14.9 Å². The summed E-state index contributed by atoms with van der Waals surface area (Å²) in [4.78, 5) is 28.1. The van der Waals surface area contributed by atoms with Crippen molar-refractivity contribution in [2.45, 2.75) is 26.7 Å². The number of carbonyl (C=O) groups is 1. The van der Waals surface area contributed by atoms with E-state index < -0.39 is 5.41 Å². The molecule has 0 saturated carbocycles. The highest BCUT2D eigenvalue weighted by atomic mass is 16.2. The van der Waals surface area contributed by atoms with Crippen molar-refractivity contribution in [3.8, 4) is 0 Å². The summed E-state index contributed by atoms with van der Waals surface area (Å²) in [6.07, 6.45) is 10.2. The number of anilines is 1. The second kappa shape index (κ2) is 8.63. The third-order valence-electron chi connectivity index (χ3n) is 7.95. The first-order chi connectivity index (χ1) is 17.0. The van der Waals surface area contributed by atoms with E-state index in [1.165, 1.54) is 12.0 Å². The third kappa shape index (κ3) is 4.03. The van der Waals surface area contributed by atoms with Crippen molar-refractivity contribution in [3.63, 3.8) is 0 Å². The van der Waals surface area contributed by atoms with Crippen molar-refractivity contribution in [2.24, 2.45) is 17.3 Å². The SMILES string of the molecule is Cc1cccc(C2=CC=CCC2(C)C(=O)N2CC3CC(C2)CN(c2ncc4ccccc4n2)C3)c1. The van der Waals surface area contributed by atoms with E-state index >= 15 is 0 Å². The molecule has 1 amide bonds. The molecule has 3 atom stereocenters. The van der Waals surface area contributed by atoms with E-state index in [-0.39, 0.29) is 5.91 Å². The van der Waals surface area contributed by atoms with Gasteiger partial charge >= 0.3 is 0 Å². The number of aromatic nitrogens is 2. The number of nitrogens with zero attached hydrogens (tertiary/aromatic N) is 4. The molecule has 178 valence electrons. The Morgan fingerprint density at radius 3 is 2.63 bits per heavy atom. The first kappa shape index (κ1) is 22.0. The summed E-state index contributed by atoms with van der Waals surface area (Å²) in [5, 5.41) is 1.07. The summed E-state index contributed by atoms with van der Waals surface area (Å²) in [6.45, 7) is 7.65. The van der Waals surface area contributed by atoms with Crippen molar-refractivity contribution < 1.29 is 4.79 Å². The van der Waals surface area contributed by atoms with Gasteiger partial charge in [-0.15, -0.1) is 0 Å². The van der Waals surface area contributed by atoms with Crippen LogP contribution in [0, 0.1) is 24.2 Å².